The van der Waals surface area contributed by atoms with E-state index in [1.165, 1.54) is 12.1 Å². The van der Waals surface area contributed by atoms with E-state index in [4.69, 9.17) is 0 Å². The topological polar surface area (TPSA) is 0 Å². The first-order chi connectivity index (χ1) is 7.77. The molecule has 2 heteroatoms. The van der Waals surface area contributed by atoms with E-state index in [1.807, 2.05) is 0 Å². The summed E-state index contributed by atoms with van der Waals surface area (Å²) in [6, 6.07) is 12.3. The summed E-state index contributed by atoms with van der Waals surface area (Å²) in [5.41, 5.74) is 0.538. The molecule has 2 aromatic rings. The van der Waals surface area contributed by atoms with Crippen molar-refractivity contribution in [3.05, 3.63) is 71.3 Å². The Morgan fingerprint density at radius 2 is 1.00 bits per heavy atom. The van der Waals surface area contributed by atoms with Crippen molar-refractivity contribution in [3.8, 4) is 11.8 Å². The van der Waals surface area contributed by atoms with Crippen LogP contribution < -0.4 is 0 Å². The lowest BCUT2D eigenvalue weighted by molar-refractivity contribution is 0.622. The van der Waals surface area contributed by atoms with Crippen LogP contribution in [0.1, 0.15) is 18.6 Å². The van der Waals surface area contributed by atoms with E-state index in [2.05, 4.69) is 11.8 Å². The quantitative estimate of drug-likeness (QED) is 0.600. The highest BCUT2D eigenvalue weighted by atomic mass is 19.1. The minimum Gasteiger partial charge on any atom is -0.206 e. The Morgan fingerprint density at radius 1 is 0.647 bits per heavy atom. The van der Waals surface area contributed by atoms with Gasteiger partial charge in [0.2, 0.25) is 0 Å². The minimum absolute atomic E-state index is 0. The molecule has 2 rings (SSSR count). The molecular formula is C15H12F2. The van der Waals surface area contributed by atoms with Crippen molar-refractivity contribution in [2.75, 3.05) is 0 Å². The second-order valence-corrected chi connectivity index (χ2v) is 3.21. The van der Waals surface area contributed by atoms with Crippen LogP contribution in [0.5, 0.6) is 0 Å². The van der Waals surface area contributed by atoms with Crippen molar-refractivity contribution in [1.82, 2.24) is 0 Å². The van der Waals surface area contributed by atoms with Gasteiger partial charge in [-0.05, 0) is 24.3 Å². The highest BCUT2D eigenvalue weighted by Gasteiger charge is 1.97. The third-order valence-electron chi connectivity index (χ3n) is 2.08. The van der Waals surface area contributed by atoms with Gasteiger partial charge >= 0.3 is 0 Å². The number of benzene rings is 2. The Balaban J connectivity index is 0.00000144. The van der Waals surface area contributed by atoms with E-state index < -0.39 is 11.6 Å². The second kappa shape index (κ2) is 5.81. The van der Waals surface area contributed by atoms with Gasteiger partial charge < -0.3 is 0 Å². The average molecular weight is 230 g/mol. The zero-order chi connectivity index (χ0) is 11.4. The zero-order valence-electron chi connectivity index (χ0n) is 8.37. The second-order valence-electron chi connectivity index (χ2n) is 3.21. The van der Waals surface area contributed by atoms with Gasteiger partial charge in [0.1, 0.15) is 11.6 Å². The van der Waals surface area contributed by atoms with Gasteiger partial charge in [0, 0.05) is 0 Å². The Labute approximate surface area is 99.9 Å². The summed E-state index contributed by atoms with van der Waals surface area (Å²) in [5.74, 6) is 4.42. The van der Waals surface area contributed by atoms with E-state index in [0.29, 0.717) is 0 Å². The lowest BCUT2D eigenvalue weighted by Crippen LogP contribution is -1.84. The molecular weight excluding hydrogens is 218 g/mol. The molecule has 86 valence electrons. The van der Waals surface area contributed by atoms with Crippen molar-refractivity contribution in [3.63, 3.8) is 0 Å². The Morgan fingerprint density at radius 3 is 1.35 bits per heavy atom. The van der Waals surface area contributed by atoms with Crippen LogP contribution in [-0.2, 0) is 0 Å². The molecule has 17 heavy (non-hydrogen) atoms. The van der Waals surface area contributed by atoms with Crippen LogP contribution in [0.4, 0.5) is 8.78 Å². The molecule has 0 radical (unpaired) electrons. The van der Waals surface area contributed by atoms with Crippen molar-refractivity contribution < 1.29 is 8.78 Å². The molecule has 0 fully saturated rings. The fraction of sp³-hybridized carbons (Fsp3) is 0.0667. The van der Waals surface area contributed by atoms with Crippen LogP contribution in [0.15, 0.2) is 48.5 Å². The standard InChI is InChI=1S/C14H8F2.CH4/c15-13-7-3-1-5-11(13)9-10-12-6-2-4-8-14(12)16;/h1-8H;1H4. The number of hydrogen-bond acceptors (Lipinski definition) is 0. The normalized spacial score (nSPS) is 8.82. The molecule has 0 bridgehead atoms. The molecule has 0 atom stereocenters. The van der Waals surface area contributed by atoms with Gasteiger partial charge in [0.25, 0.3) is 0 Å². The van der Waals surface area contributed by atoms with Gasteiger partial charge in [-0.2, -0.15) is 0 Å². The SMILES string of the molecule is C.Fc1ccccc1C#Cc1ccccc1F. The van der Waals surface area contributed by atoms with E-state index in [-0.39, 0.29) is 18.6 Å². The van der Waals surface area contributed by atoms with Gasteiger partial charge in [-0.25, -0.2) is 8.78 Å². The number of halogens is 2. The fourth-order valence-electron chi connectivity index (χ4n) is 1.26. The molecule has 0 N–H and O–H groups in total. The molecule has 0 spiro atoms. The Kier molecular flexibility index (Phi) is 4.42. The first-order valence-corrected chi connectivity index (χ1v) is 4.78. The molecule has 0 aliphatic heterocycles. The van der Waals surface area contributed by atoms with E-state index in [0.717, 1.165) is 0 Å². The van der Waals surface area contributed by atoms with Gasteiger partial charge in [-0.1, -0.05) is 43.5 Å². The highest BCUT2D eigenvalue weighted by Crippen LogP contribution is 2.07. The van der Waals surface area contributed by atoms with Crippen LogP contribution >= 0.6 is 0 Å². The molecule has 0 amide bonds. The Bertz CT molecular complexity index is 513. The van der Waals surface area contributed by atoms with Crippen LogP contribution in [0, 0.1) is 23.5 Å². The molecule has 0 saturated heterocycles. The molecule has 0 aromatic heterocycles. The van der Waals surface area contributed by atoms with Gasteiger partial charge in [0.05, 0.1) is 11.1 Å². The molecule has 2 aromatic carbocycles. The summed E-state index contributed by atoms with van der Waals surface area (Å²) in [5, 5.41) is 0. The zero-order valence-corrected chi connectivity index (χ0v) is 8.37. The van der Waals surface area contributed by atoms with Crippen LogP contribution in [0.25, 0.3) is 0 Å². The monoisotopic (exact) mass is 230 g/mol. The maximum absolute atomic E-state index is 13.2. The predicted molar refractivity (Wildman–Crippen MR) is 65.5 cm³/mol. The van der Waals surface area contributed by atoms with Crippen LogP contribution in [-0.4, -0.2) is 0 Å². The van der Waals surface area contributed by atoms with Crippen molar-refractivity contribution >= 4 is 0 Å². The number of hydrogen-bond donors (Lipinski definition) is 0. The van der Waals surface area contributed by atoms with Crippen molar-refractivity contribution in [1.29, 1.82) is 0 Å². The van der Waals surface area contributed by atoms with Crippen LogP contribution in [0.2, 0.25) is 0 Å². The summed E-state index contributed by atoms with van der Waals surface area (Å²) >= 11 is 0. The fourth-order valence-corrected chi connectivity index (χ4v) is 1.26. The van der Waals surface area contributed by atoms with Gasteiger partial charge in [0.15, 0.2) is 0 Å². The third kappa shape index (κ3) is 3.15. The molecule has 0 unspecified atom stereocenters. The maximum atomic E-state index is 13.2. The van der Waals surface area contributed by atoms with E-state index >= 15 is 0 Å². The molecule has 0 aliphatic rings. The third-order valence-corrected chi connectivity index (χ3v) is 2.08. The highest BCUT2D eigenvalue weighted by molar-refractivity contribution is 5.43. The van der Waals surface area contributed by atoms with Gasteiger partial charge in [-0.3, -0.25) is 0 Å². The van der Waals surface area contributed by atoms with Crippen molar-refractivity contribution in [2.45, 2.75) is 7.43 Å². The summed E-state index contributed by atoms with van der Waals surface area (Å²) in [6.45, 7) is 0. The molecule has 0 heterocycles. The van der Waals surface area contributed by atoms with Gasteiger partial charge in [-0.15, -0.1) is 0 Å². The first kappa shape index (κ1) is 12.9. The summed E-state index contributed by atoms with van der Waals surface area (Å²) in [7, 11) is 0. The lowest BCUT2D eigenvalue weighted by Gasteiger charge is -1.93. The molecule has 0 aliphatic carbocycles. The van der Waals surface area contributed by atoms with E-state index in [9.17, 15) is 8.78 Å². The predicted octanol–water partition coefficient (Wildman–Crippen LogP) is 4.00. The summed E-state index contributed by atoms with van der Waals surface area (Å²) in [4.78, 5) is 0. The lowest BCUT2D eigenvalue weighted by atomic mass is 10.1. The number of rotatable bonds is 0. The molecule has 0 nitrogen and oxygen atoms in total. The maximum Gasteiger partial charge on any atom is 0.138 e. The average Bonchev–Trinajstić information content (AvgIpc) is 2.30. The molecule has 0 saturated carbocycles. The summed E-state index contributed by atoms with van der Waals surface area (Å²) < 4.78 is 26.4. The largest absolute Gasteiger partial charge is 0.206 e. The first-order valence-electron chi connectivity index (χ1n) is 4.78. The summed E-state index contributed by atoms with van der Waals surface area (Å²) in [6.07, 6.45) is 0. The van der Waals surface area contributed by atoms with Crippen LogP contribution in [0.3, 0.4) is 0 Å². The van der Waals surface area contributed by atoms with Crippen molar-refractivity contribution in [2.24, 2.45) is 0 Å². The Hall–Kier alpha value is -2.14. The minimum atomic E-state index is -0.397. The smallest absolute Gasteiger partial charge is 0.138 e. The van der Waals surface area contributed by atoms with E-state index in [1.54, 1.807) is 36.4 Å².